The molecule has 0 radical (unpaired) electrons. The summed E-state index contributed by atoms with van der Waals surface area (Å²) in [6.07, 6.45) is 8.48. The Morgan fingerprint density at radius 1 is 0.951 bits per heavy atom. The summed E-state index contributed by atoms with van der Waals surface area (Å²) in [6, 6.07) is 1.33. The summed E-state index contributed by atoms with van der Waals surface area (Å²) in [5, 5.41) is 48.7. The van der Waals surface area contributed by atoms with Crippen molar-refractivity contribution in [2.45, 2.75) is 124 Å². The van der Waals surface area contributed by atoms with Gasteiger partial charge >= 0.3 is 11.8 Å². The minimum Gasteiger partial charge on any atom is -0.507 e. The van der Waals surface area contributed by atoms with Crippen LogP contribution in [0.3, 0.4) is 0 Å². The molecule has 4 aliphatic rings. The first-order valence-electron chi connectivity index (χ1n) is 21.0. The van der Waals surface area contributed by atoms with Crippen molar-refractivity contribution in [2.75, 3.05) is 26.1 Å². The molecule has 0 saturated heterocycles. The highest BCUT2D eigenvalue weighted by atomic mass is 16.7. The first-order chi connectivity index (χ1) is 28.7. The monoisotopic (exact) mass is 850 g/mol. The molecule has 5 N–H and O–H groups in total. The predicted octanol–water partition coefficient (Wildman–Crippen LogP) is 6.22. The molecule has 9 unspecified atom stereocenters. The SMILES string of the molecule is COC1/C=C/OC2(C)Oc3c(C)c(O)c4c(O)c(cc(OCC(=O)N(C)C5CCCCC5)c4c3C2=O)NC(=O)/C(C)=C\C=C\C(C)C(O)C(C)C(O)C(C)C(OC(C)=O)C1C. The second kappa shape index (κ2) is 19.3. The number of phenols is 2. The summed E-state index contributed by atoms with van der Waals surface area (Å²) >= 11 is 0. The Morgan fingerprint density at radius 3 is 2.26 bits per heavy atom. The van der Waals surface area contributed by atoms with Crippen LogP contribution in [0.15, 0.2) is 42.2 Å². The number of carbonyl (C=O) groups excluding carboxylic acids is 4. The van der Waals surface area contributed by atoms with Crippen LogP contribution in [0.25, 0.3) is 10.8 Å². The van der Waals surface area contributed by atoms with Crippen molar-refractivity contribution in [3.63, 3.8) is 0 Å². The Morgan fingerprint density at radius 2 is 1.62 bits per heavy atom. The summed E-state index contributed by atoms with van der Waals surface area (Å²) in [5.74, 6) is -7.90. The minimum absolute atomic E-state index is 0.0395. The van der Waals surface area contributed by atoms with Gasteiger partial charge in [0.25, 0.3) is 17.6 Å². The lowest BCUT2D eigenvalue weighted by atomic mass is 9.78. The van der Waals surface area contributed by atoms with E-state index in [0.29, 0.717) is 0 Å². The van der Waals surface area contributed by atoms with E-state index >= 15 is 0 Å². The smallest absolute Gasteiger partial charge is 0.312 e. The van der Waals surface area contributed by atoms with Crippen LogP contribution in [0.5, 0.6) is 23.0 Å². The van der Waals surface area contributed by atoms with Crippen LogP contribution in [-0.2, 0) is 28.6 Å². The van der Waals surface area contributed by atoms with E-state index in [-0.39, 0.29) is 56.6 Å². The molecule has 61 heavy (non-hydrogen) atoms. The number of hydrogen-bond donors (Lipinski definition) is 5. The number of ketones is 1. The van der Waals surface area contributed by atoms with Gasteiger partial charge in [-0.2, -0.15) is 0 Å². The molecule has 2 aromatic carbocycles. The maximum absolute atomic E-state index is 14.6. The number of benzene rings is 2. The molecular formula is C46H62N2O13. The van der Waals surface area contributed by atoms with Crippen molar-refractivity contribution in [1.29, 1.82) is 0 Å². The van der Waals surface area contributed by atoms with Gasteiger partial charge in [-0.1, -0.05) is 65.2 Å². The third-order valence-corrected chi connectivity index (χ3v) is 12.7. The predicted molar refractivity (Wildman–Crippen MR) is 227 cm³/mol. The number of Topliss-reactive ketones (excluding diaryl/α,β-unsaturated/α-hetero) is 1. The zero-order chi connectivity index (χ0) is 45.1. The van der Waals surface area contributed by atoms with Gasteiger partial charge in [0.2, 0.25) is 0 Å². The van der Waals surface area contributed by atoms with Gasteiger partial charge in [-0.3, -0.25) is 19.2 Å². The molecule has 9 atom stereocenters. The number of fused-ring (bicyclic) bond motifs is 14. The number of aliphatic hydroxyl groups is 2. The number of phenolic OH excluding ortho intramolecular Hbond substituents is 2. The van der Waals surface area contributed by atoms with E-state index in [4.69, 9.17) is 23.7 Å². The average Bonchev–Trinajstić information content (AvgIpc) is 3.50. The molecular weight excluding hydrogens is 789 g/mol. The number of allylic oxidation sites excluding steroid dienone is 2. The summed E-state index contributed by atoms with van der Waals surface area (Å²) in [6.45, 7) is 12.2. The number of esters is 1. The Labute approximate surface area is 357 Å². The molecule has 3 heterocycles. The highest BCUT2D eigenvalue weighted by molar-refractivity contribution is 6.21. The van der Waals surface area contributed by atoms with Gasteiger partial charge in [-0.25, -0.2) is 0 Å². The van der Waals surface area contributed by atoms with Crippen molar-refractivity contribution in [3.05, 3.63) is 53.3 Å². The van der Waals surface area contributed by atoms with Crippen LogP contribution in [0, 0.1) is 30.6 Å². The summed E-state index contributed by atoms with van der Waals surface area (Å²) in [4.78, 5) is 55.7. The van der Waals surface area contributed by atoms with Crippen LogP contribution < -0.4 is 14.8 Å². The van der Waals surface area contributed by atoms with Gasteiger partial charge in [0, 0.05) is 80.3 Å². The zero-order valence-corrected chi connectivity index (χ0v) is 36.8. The standard InChI is InChI=1S/C46H62N2O13/c1-23-15-14-16-24(2)45(56)47-31-21-33(58-22-34(50)48(9)30-17-12-11-13-18-30)35-36(41(31)54)40(53)28(6)43-37(35)44(55)46(8,61-43)59-20-19-32(57-10)25(3)42(60-29(7)49)27(5)39(52)26(4)38(23)51/h14-16,19-21,23,25-27,30,32,38-39,42,51-54H,11-13,17-18,22H2,1-10H3,(H,47,56)/b15-14+,20-19+,24-16-. The lowest BCUT2D eigenvalue weighted by molar-refractivity contribution is -0.160. The Kier molecular flexibility index (Phi) is 14.8. The molecule has 1 fully saturated rings. The van der Waals surface area contributed by atoms with E-state index in [0.717, 1.165) is 32.1 Å². The molecule has 15 heteroatoms. The fourth-order valence-corrected chi connectivity index (χ4v) is 8.66. The van der Waals surface area contributed by atoms with Gasteiger partial charge in [0.1, 0.15) is 23.4 Å². The third kappa shape index (κ3) is 9.68. The first kappa shape index (κ1) is 46.9. The Hall–Kier alpha value is -5.12. The average molecular weight is 851 g/mol. The van der Waals surface area contributed by atoms with E-state index in [9.17, 15) is 39.6 Å². The first-order valence-corrected chi connectivity index (χ1v) is 21.0. The molecule has 0 aromatic heterocycles. The second-order valence-corrected chi connectivity index (χ2v) is 17.0. The fraction of sp³-hybridized carbons (Fsp3) is 0.565. The number of amides is 2. The lowest BCUT2D eigenvalue weighted by Gasteiger charge is -2.38. The van der Waals surface area contributed by atoms with Gasteiger partial charge in [-0.05, 0) is 32.8 Å². The molecule has 5 bridgehead atoms. The van der Waals surface area contributed by atoms with Crippen molar-refractivity contribution in [1.82, 2.24) is 4.90 Å². The van der Waals surface area contributed by atoms with E-state index in [1.54, 1.807) is 51.8 Å². The lowest BCUT2D eigenvalue weighted by Crippen LogP contribution is -2.46. The molecule has 15 nitrogen and oxygen atoms in total. The minimum atomic E-state index is -2.02. The molecule has 3 aliphatic heterocycles. The Bertz CT molecular complexity index is 2090. The van der Waals surface area contributed by atoms with Crippen molar-refractivity contribution in [3.8, 4) is 23.0 Å². The summed E-state index contributed by atoms with van der Waals surface area (Å²) < 4.78 is 29.9. The van der Waals surface area contributed by atoms with E-state index < -0.39 is 89.6 Å². The highest BCUT2D eigenvalue weighted by Crippen LogP contribution is 2.54. The zero-order valence-electron chi connectivity index (χ0n) is 36.8. The molecule has 1 saturated carbocycles. The van der Waals surface area contributed by atoms with E-state index in [2.05, 4.69) is 5.32 Å². The number of anilines is 1. The number of aromatic hydroxyl groups is 2. The topological polar surface area (TPSA) is 211 Å². The third-order valence-electron chi connectivity index (χ3n) is 12.7. The molecule has 334 valence electrons. The van der Waals surface area contributed by atoms with E-state index in [1.807, 2.05) is 0 Å². The molecule has 2 aromatic rings. The van der Waals surface area contributed by atoms with Gasteiger partial charge in [0.05, 0.1) is 41.2 Å². The number of nitrogens with zero attached hydrogens (tertiary/aromatic N) is 1. The van der Waals surface area contributed by atoms with Crippen LogP contribution in [-0.4, -0.2) is 106 Å². The highest BCUT2D eigenvalue weighted by Gasteiger charge is 2.50. The fourth-order valence-electron chi connectivity index (χ4n) is 8.66. The number of ether oxygens (including phenoxy) is 5. The normalized spacial score (nSPS) is 31.0. The van der Waals surface area contributed by atoms with Gasteiger partial charge in [-0.15, -0.1) is 0 Å². The van der Waals surface area contributed by atoms with Crippen LogP contribution in [0.4, 0.5) is 5.69 Å². The number of aliphatic hydroxyl groups excluding tert-OH is 2. The Balaban J connectivity index is 1.65. The number of methoxy groups -OCH3 is 1. The number of rotatable bonds is 6. The summed E-state index contributed by atoms with van der Waals surface area (Å²) in [5.41, 5.74) is 0.0303. The maximum Gasteiger partial charge on any atom is 0.312 e. The number of hydrogen-bond acceptors (Lipinski definition) is 13. The van der Waals surface area contributed by atoms with E-state index in [1.165, 1.54) is 59.3 Å². The van der Waals surface area contributed by atoms with Crippen LogP contribution in [0.1, 0.15) is 96.5 Å². The van der Waals surface area contributed by atoms with Crippen molar-refractivity contribution >= 4 is 40.0 Å². The number of carbonyl (C=O) groups is 4. The van der Waals surface area contributed by atoms with Crippen LogP contribution >= 0.6 is 0 Å². The van der Waals surface area contributed by atoms with Gasteiger partial charge in [0.15, 0.2) is 12.4 Å². The molecule has 2 amide bonds. The van der Waals surface area contributed by atoms with Crippen LogP contribution in [0.2, 0.25) is 0 Å². The second-order valence-electron chi connectivity index (χ2n) is 17.0. The quantitative estimate of drug-likeness (QED) is 0.162. The maximum atomic E-state index is 14.6. The molecule has 1 aliphatic carbocycles. The number of nitrogens with one attached hydrogen (secondary N) is 1. The summed E-state index contributed by atoms with van der Waals surface area (Å²) in [7, 11) is 3.16. The largest absolute Gasteiger partial charge is 0.507 e. The van der Waals surface area contributed by atoms with Gasteiger partial charge < -0.3 is 54.3 Å². The molecule has 6 rings (SSSR count). The van der Waals surface area contributed by atoms with Crippen molar-refractivity contribution in [2.24, 2.45) is 23.7 Å². The molecule has 0 spiro atoms. The number of likely N-dealkylation sites (N-methyl/N-ethyl adjacent to an activating group) is 1. The van der Waals surface area contributed by atoms with Crippen molar-refractivity contribution < 1.29 is 63.3 Å².